The Bertz CT molecular complexity index is 1090. The first kappa shape index (κ1) is 15.4. The van der Waals surface area contributed by atoms with E-state index in [-0.39, 0.29) is 0 Å². The van der Waals surface area contributed by atoms with Gasteiger partial charge in [0.25, 0.3) is 0 Å². The Hall–Kier alpha value is -3.12. The van der Waals surface area contributed by atoms with Crippen molar-refractivity contribution in [2.24, 2.45) is 5.10 Å². The van der Waals surface area contributed by atoms with Crippen molar-refractivity contribution in [1.82, 2.24) is 19.9 Å². The third-order valence-electron chi connectivity index (χ3n) is 3.95. The lowest BCUT2D eigenvalue weighted by atomic mass is 10.0. The molecule has 5 nitrogen and oxygen atoms in total. The Labute approximate surface area is 149 Å². The van der Waals surface area contributed by atoms with Crippen LogP contribution in [-0.4, -0.2) is 26.1 Å². The number of H-pyrrole nitrogens is 1. The molecule has 0 radical (unpaired) electrons. The van der Waals surface area contributed by atoms with E-state index in [2.05, 4.69) is 50.6 Å². The minimum Gasteiger partial charge on any atom is -0.264 e. The van der Waals surface area contributed by atoms with Gasteiger partial charge < -0.3 is 0 Å². The van der Waals surface area contributed by atoms with Crippen LogP contribution in [0.1, 0.15) is 17.0 Å². The van der Waals surface area contributed by atoms with Crippen LogP contribution >= 0.6 is 12.2 Å². The monoisotopic (exact) mass is 345 g/mol. The van der Waals surface area contributed by atoms with Crippen LogP contribution in [0.15, 0.2) is 72.1 Å². The molecule has 4 rings (SSSR count). The normalized spacial score (nSPS) is 11.4. The molecule has 0 amide bonds. The number of aromatic nitrogens is 4. The van der Waals surface area contributed by atoms with Crippen molar-refractivity contribution in [2.75, 3.05) is 0 Å². The summed E-state index contributed by atoms with van der Waals surface area (Å²) in [5, 5.41) is 14.1. The highest BCUT2D eigenvalue weighted by Gasteiger charge is 2.08. The van der Waals surface area contributed by atoms with E-state index in [1.165, 1.54) is 16.3 Å². The molecule has 0 atom stereocenters. The zero-order valence-corrected chi connectivity index (χ0v) is 14.1. The van der Waals surface area contributed by atoms with E-state index in [0.29, 0.717) is 11.2 Å². The largest absolute Gasteiger partial charge is 0.264 e. The van der Waals surface area contributed by atoms with Gasteiger partial charge in [-0.05, 0) is 34.6 Å². The molecule has 2 heterocycles. The van der Waals surface area contributed by atoms with Crippen molar-refractivity contribution in [3.8, 4) is 0 Å². The molecule has 0 fully saturated rings. The average molecular weight is 345 g/mol. The molecule has 4 aromatic rings. The quantitative estimate of drug-likeness (QED) is 0.450. The van der Waals surface area contributed by atoms with Gasteiger partial charge in [-0.3, -0.25) is 10.1 Å². The van der Waals surface area contributed by atoms with E-state index < -0.39 is 0 Å². The van der Waals surface area contributed by atoms with Crippen LogP contribution in [0.2, 0.25) is 0 Å². The van der Waals surface area contributed by atoms with Crippen molar-refractivity contribution < 1.29 is 0 Å². The molecule has 0 aliphatic carbocycles. The topological polar surface area (TPSA) is 58.9 Å². The van der Waals surface area contributed by atoms with E-state index in [9.17, 15) is 0 Å². The molecule has 122 valence electrons. The first-order valence-electron chi connectivity index (χ1n) is 7.88. The lowest BCUT2D eigenvalue weighted by molar-refractivity contribution is 0.793. The van der Waals surface area contributed by atoms with Crippen LogP contribution in [0.3, 0.4) is 0 Å². The minimum absolute atomic E-state index is 0.468. The van der Waals surface area contributed by atoms with Gasteiger partial charge in [0.1, 0.15) is 0 Å². The summed E-state index contributed by atoms with van der Waals surface area (Å²) in [6.45, 7) is 0. The Balaban J connectivity index is 1.70. The fourth-order valence-electron chi connectivity index (χ4n) is 2.75. The number of nitrogens with one attached hydrogen (secondary N) is 1. The summed E-state index contributed by atoms with van der Waals surface area (Å²) < 4.78 is 2.12. The van der Waals surface area contributed by atoms with E-state index >= 15 is 0 Å². The third-order valence-corrected chi connectivity index (χ3v) is 4.22. The maximum Gasteiger partial charge on any atom is 0.216 e. The predicted octanol–water partition coefficient (Wildman–Crippen LogP) is 3.96. The zero-order chi connectivity index (χ0) is 17.1. The van der Waals surface area contributed by atoms with Gasteiger partial charge >= 0.3 is 0 Å². The number of nitrogens with zero attached hydrogens (tertiary/aromatic N) is 4. The van der Waals surface area contributed by atoms with Gasteiger partial charge in [0.15, 0.2) is 5.82 Å². The highest BCUT2D eigenvalue weighted by molar-refractivity contribution is 7.71. The molecule has 6 heteroatoms. The smallest absolute Gasteiger partial charge is 0.216 e. The summed E-state index contributed by atoms with van der Waals surface area (Å²) >= 11 is 5.32. The van der Waals surface area contributed by atoms with Crippen LogP contribution in [0.25, 0.3) is 10.8 Å². The molecule has 0 saturated carbocycles. The van der Waals surface area contributed by atoms with E-state index in [4.69, 9.17) is 12.2 Å². The van der Waals surface area contributed by atoms with E-state index in [1.54, 1.807) is 23.3 Å². The van der Waals surface area contributed by atoms with Crippen molar-refractivity contribution in [1.29, 1.82) is 0 Å². The molecule has 1 N–H and O–H groups in total. The molecule has 2 aromatic heterocycles. The van der Waals surface area contributed by atoms with Crippen LogP contribution in [-0.2, 0) is 6.42 Å². The second kappa shape index (κ2) is 6.78. The summed E-state index contributed by atoms with van der Waals surface area (Å²) in [4.78, 5) is 4.08. The Morgan fingerprint density at radius 3 is 2.84 bits per heavy atom. The molecular weight excluding hydrogens is 330 g/mol. The second-order valence-corrected chi connectivity index (χ2v) is 5.99. The molecular formula is C19H15N5S. The standard InChI is InChI=1S/C19H15N5S/c25-19-23-22-18(24(19)21-13-14-5-4-10-20-12-14)11-16-8-3-7-15-6-1-2-9-17(15)16/h1-10,12-13H,11H2,(H,23,25)/b21-13-. The first-order chi connectivity index (χ1) is 12.3. The lowest BCUT2D eigenvalue weighted by Gasteiger charge is -2.06. The summed E-state index contributed by atoms with van der Waals surface area (Å²) in [6, 6.07) is 18.4. The summed E-state index contributed by atoms with van der Waals surface area (Å²) in [5.74, 6) is 0.765. The number of pyridine rings is 1. The number of hydrogen-bond donors (Lipinski definition) is 1. The highest BCUT2D eigenvalue weighted by Crippen LogP contribution is 2.20. The Morgan fingerprint density at radius 1 is 1.08 bits per heavy atom. The van der Waals surface area contributed by atoms with Gasteiger partial charge in [-0.25, -0.2) is 0 Å². The molecule has 0 bridgehead atoms. The van der Waals surface area contributed by atoms with Gasteiger partial charge in [-0.15, -0.1) is 0 Å². The zero-order valence-electron chi connectivity index (χ0n) is 13.3. The van der Waals surface area contributed by atoms with Gasteiger partial charge in [-0.1, -0.05) is 48.5 Å². The molecule has 25 heavy (non-hydrogen) atoms. The Morgan fingerprint density at radius 2 is 1.96 bits per heavy atom. The predicted molar refractivity (Wildman–Crippen MR) is 101 cm³/mol. The van der Waals surface area contributed by atoms with Crippen molar-refractivity contribution in [2.45, 2.75) is 6.42 Å². The maximum atomic E-state index is 5.32. The third kappa shape index (κ3) is 3.25. The molecule has 0 spiro atoms. The maximum absolute atomic E-state index is 5.32. The number of fused-ring (bicyclic) bond motifs is 1. The first-order valence-corrected chi connectivity index (χ1v) is 8.29. The van der Waals surface area contributed by atoms with Gasteiger partial charge in [0, 0.05) is 24.4 Å². The number of rotatable bonds is 4. The summed E-state index contributed by atoms with van der Waals surface area (Å²) in [5.41, 5.74) is 2.09. The van der Waals surface area contributed by atoms with Gasteiger partial charge in [0.2, 0.25) is 4.77 Å². The molecule has 2 aromatic carbocycles. The van der Waals surface area contributed by atoms with Gasteiger partial charge in [0.05, 0.1) is 6.21 Å². The van der Waals surface area contributed by atoms with Crippen molar-refractivity contribution in [3.63, 3.8) is 0 Å². The van der Waals surface area contributed by atoms with Crippen LogP contribution in [0, 0.1) is 4.77 Å². The van der Waals surface area contributed by atoms with Crippen molar-refractivity contribution >= 4 is 29.2 Å². The van der Waals surface area contributed by atoms with E-state index in [0.717, 1.165) is 11.4 Å². The molecule has 0 unspecified atom stereocenters. The van der Waals surface area contributed by atoms with Crippen LogP contribution in [0.5, 0.6) is 0 Å². The SMILES string of the molecule is S=c1[nH]nc(Cc2cccc3ccccc23)n1/N=C\c1cccnc1. The average Bonchev–Trinajstić information content (AvgIpc) is 3.01. The van der Waals surface area contributed by atoms with Crippen molar-refractivity contribution in [3.05, 3.63) is 88.7 Å². The number of hydrogen-bond acceptors (Lipinski definition) is 4. The van der Waals surface area contributed by atoms with Crippen LogP contribution < -0.4 is 0 Å². The minimum atomic E-state index is 0.468. The summed E-state index contributed by atoms with van der Waals surface area (Å²) in [6.07, 6.45) is 5.84. The highest BCUT2D eigenvalue weighted by atomic mass is 32.1. The molecule has 0 aliphatic heterocycles. The van der Waals surface area contributed by atoms with Gasteiger partial charge in [-0.2, -0.15) is 14.9 Å². The van der Waals surface area contributed by atoms with E-state index in [1.807, 2.05) is 24.3 Å². The number of aromatic amines is 1. The molecule has 0 aliphatic rings. The summed E-state index contributed by atoms with van der Waals surface area (Å²) in [7, 11) is 0. The lowest BCUT2D eigenvalue weighted by Crippen LogP contribution is -2.01. The fourth-order valence-corrected chi connectivity index (χ4v) is 2.95. The second-order valence-electron chi connectivity index (χ2n) is 5.60. The fraction of sp³-hybridized carbons (Fsp3) is 0.0526. The number of benzene rings is 2. The molecule has 0 saturated heterocycles. The Kier molecular flexibility index (Phi) is 4.18. The van der Waals surface area contributed by atoms with Crippen LogP contribution in [0.4, 0.5) is 0 Å².